The summed E-state index contributed by atoms with van der Waals surface area (Å²) in [5, 5.41) is 0. The molecule has 1 unspecified atom stereocenters. The van der Waals surface area contributed by atoms with Crippen LogP contribution in [0.3, 0.4) is 0 Å². The fraction of sp³-hybridized carbons (Fsp3) is 0.438. The summed E-state index contributed by atoms with van der Waals surface area (Å²) < 4.78 is 10.8. The van der Waals surface area contributed by atoms with Gasteiger partial charge in [0.1, 0.15) is 0 Å². The van der Waals surface area contributed by atoms with E-state index in [0.29, 0.717) is 19.6 Å². The third-order valence-corrected chi connectivity index (χ3v) is 3.82. The Bertz CT molecular complexity index is 531. The molecule has 3 nitrogen and oxygen atoms in total. The summed E-state index contributed by atoms with van der Waals surface area (Å²) in [6, 6.07) is 8.42. The van der Waals surface area contributed by atoms with Crippen LogP contribution in [0.2, 0.25) is 0 Å². The van der Waals surface area contributed by atoms with Crippen molar-refractivity contribution in [3.05, 3.63) is 41.0 Å². The zero-order valence-corrected chi connectivity index (χ0v) is 11.1. The first-order chi connectivity index (χ1) is 9.29. The molecule has 19 heavy (non-hydrogen) atoms. The normalized spacial score (nSPS) is 21.0. The number of carbonyl (C=O) groups is 1. The number of carbonyl (C=O) groups excluding carboxylic acids is 1. The van der Waals surface area contributed by atoms with Crippen LogP contribution in [-0.4, -0.2) is 25.3 Å². The Kier molecular flexibility index (Phi) is 3.38. The van der Waals surface area contributed by atoms with E-state index >= 15 is 0 Å². The molecule has 0 radical (unpaired) electrons. The van der Waals surface area contributed by atoms with Crippen LogP contribution in [0.15, 0.2) is 29.8 Å². The molecule has 1 aliphatic carbocycles. The maximum atomic E-state index is 11.7. The van der Waals surface area contributed by atoms with Crippen LogP contribution in [0.4, 0.5) is 0 Å². The van der Waals surface area contributed by atoms with Gasteiger partial charge in [0.05, 0.1) is 25.7 Å². The second-order valence-electron chi connectivity index (χ2n) is 4.98. The van der Waals surface area contributed by atoms with Gasteiger partial charge in [-0.1, -0.05) is 24.3 Å². The van der Waals surface area contributed by atoms with Crippen molar-refractivity contribution < 1.29 is 14.3 Å². The molecule has 1 atom stereocenters. The summed E-state index contributed by atoms with van der Waals surface area (Å²) in [4.78, 5) is 11.7. The maximum Gasteiger partial charge on any atom is 0.308 e. The number of esters is 1. The number of hydrogen-bond acceptors (Lipinski definition) is 3. The summed E-state index contributed by atoms with van der Waals surface area (Å²) in [5.41, 5.74) is 5.21. The van der Waals surface area contributed by atoms with Gasteiger partial charge in [0.15, 0.2) is 0 Å². The SMILES string of the molecule is CCOC(=O)CC1OCC2=C1c1ccccc1CC2. The Hall–Kier alpha value is -1.61. The van der Waals surface area contributed by atoms with Crippen LogP contribution in [0, 0.1) is 0 Å². The van der Waals surface area contributed by atoms with Crippen LogP contribution in [-0.2, 0) is 20.7 Å². The minimum atomic E-state index is -0.177. The summed E-state index contributed by atoms with van der Waals surface area (Å²) in [6.45, 7) is 2.91. The van der Waals surface area contributed by atoms with Crippen molar-refractivity contribution in [2.24, 2.45) is 0 Å². The molecule has 0 aromatic heterocycles. The first kappa shape index (κ1) is 12.4. The van der Waals surface area contributed by atoms with Crippen LogP contribution >= 0.6 is 0 Å². The average Bonchev–Trinajstić information content (AvgIpc) is 2.82. The zero-order chi connectivity index (χ0) is 13.2. The van der Waals surface area contributed by atoms with Gasteiger partial charge in [0.25, 0.3) is 0 Å². The molecule has 0 bridgehead atoms. The predicted octanol–water partition coefficient (Wildman–Crippen LogP) is 2.74. The first-order valence-electron chi connectivity index (χ1n) is 6.87. The van der Waals surface area contributed by atoms with Gasteiger partial charge in [0, 0.05) is 0 Å². The van der Waals surface area contributed by atoms with E-state index in [9.17, 15) is 4.79 Å². The van der Waals surface area contributed by atoms with Crippen molar-refractivity contribution >= 4 is 11.5 Å². The summed E-state index contributed by atoms with van der Waals surface area (Å²) in [7, 11) is 0. The van der Waals surface area contributed by atoms with Gasteiger partial charge in [-0.2, -0.15) is 0 Å². The molecule has 0 spiro atoms. The molecule has 100 valence electrons. The van der Waals surface area contributed by atoms with E-state index in [1.807, 2.05) is 6.92 Å². The molecular formula is C16H18O3. The summed E-state index contributed by atoms with van der Waals surface area (Å²) in [6.07, 6.45) is 2.31. The number of fused-ring (bicyclic) bond motifs is 2. The number of aryl methyl sites for hydroxylation is 1. The van der Waals surface area contributed by atoms with E-state index < -0.39 is 0 Å². The topological polar surface area (TPSA) is 35.5 Å². The Labute approximate surface area is 113 Å². The first-order valence-corrected chi connectivity index (χ1v) is 6.87. The number of rotatable bonds is 3. The molecule has 3 heteroatoms. The lowest BCUT2D eigenvalue weighted by atomic mass is 9.84. The smallest absolute Gasteiger partial charge is 0.308 e. The third-order valence-electron chi connectivity index (χ3n) is 3.82. The van der Waals surface area contributed by atoms with Crippen LogP contribution in [0.25, 0.3) is 5.57 Å². The summed E-state index contributed by atoms with van der Waals surface area (Å²) in [5.74, 6) is -0.177. The fourth-order valence-electron chi connectivity index (χ4n) is 2.98. The molecule has 0 saturated carbocycles. The molecule has 0 saturated heterocycles. The molecule has 1 aromatic carbocycles. The molecular weight excluding hydrogens is 240 g/mol. The third kappa shape index (κ3) is 2.30. The lowest BCUT2D eigenvalue weighted by Gasteiger charge is -2.21. The number of hydrogen-bond donors (Lipinski definition) is 0. The van der Waals surface area contributed by atoms with Gasteiger partial charge < -0.3 is 9.47 Å². The molecule has 2 aliphatic rings. The zero-order valence-electron chi connectivity index (χ0n) is 11.1. The molecule has 1 heterocycles. The maximum absolute atomic E-state index is 11.7. The van der Waals surface area contributed by atoms with Gasteiger partial charge in [-0.25, -0.2) is 0 Å². The minimum Gasteiger partial charge on any atom is -0.466 e. The monoisotopic (exact) mass is 258 g/mol. The second-order valence-corrected chi connectivity index (χ2v) is 4.98. The highest BCUT2D eigenvalue weighted by molar-refractivity contribution is 5.82. The van der Waals surface area contributed by atoms with Crippen LogP contribution in [0.5, 0.6) is 0 Å². The number of benzene rings is 1. The second kappa shape index (κ2) is 5.17. The summed E-state index contributed by atoms with van der Waals surface area (Å²) >= 11 is 0. The molecule has 0 fully saturated rings. The fourth-order valence-corrected chi connectivity index (χ4v) is 2.98. The van der Waals surface area contributed by atoms with E-state index in [-0.39, 0.29) is 12.1 Å². The van der Waals surface area contributed by atoms with Crippen molar-refractivity contribution in [1.82, 2.24) is 0 Å². The van der Waals surface area contributed by atoms with Crippen molar-refractivity contribution in [1.29, 1.82) is 0 Å². The molecule has 0 amide bonds. The van der Waals surface area contributed by atoms with E-state index in [1.165, 1.54) is 22.3 Å². The van der Waals surface area contributed by atoms with Gasteiger partial charge >= 0.3 is 5.97 Å². The van der Waals surface area contributed by atoms with E-state index in [2.05, 4.69) is 24.3 Å². The van der Waals surface area contributed by atoms with Gasteiger partial charge in [0.2, 0.25) is 0 Å². The van der Waals surface area contributed by atoms with Crippen LogP contribution in [0.1, 0.15) is 30.9 Å². The lowest BCUT2D eigenvalue weighted by Crippen LogP contribution is -2.18. The Morgan fingerprint density at radius 3 is 3.05 bits per heavy atom. The minimum absolute atomic E-state index is 0.129. The molecule has 1 aliphatic heterocycles. The highest BCUT2D eigenvalue weighted by atomic mass is 16.5. The largest absolute Gasteiger partial charge is 0.466 e. The number of ether oxygens (including phenoxy) is 2. The van der Waals surface area contributed by atoms with Crippen molar-refractivity contribution in [2.75, 3.05) is 13.2 Å². The van der Waals surface area contributed by atoms with Crippen molar-refractivity contribution in [2.45, 2.75) is 32.3 Å². The van der Waals surface area contributed by atoms with Crippen LogP contribution < -0.4 is 0 Å². The Morgan fingerprint density at radius 2 is 2.21 bits per heavy atom. The Balaban J connectivity index is 1.87. The predicted molar refractivity (Wildman–Crippen MR) is 72.7 cm³/mol. The quantitative estimate of drug-likeness (QED) is 0.782. The highest BCUT2D eigenvalue weighted by Gasteiger charge is 2.32. The molecule has 3 rings (SSSR count). The molecule has 1 aromatic rings. The molecule has 0 N–H and O–H groups in total. The highest BCUT2D eigenvalue weighted by Crippen LogP contribution is 2.39. The van der Waals surface area contributed by atoms with Crippen molar-refractivity contribution in [3.63, 3.8) is 0 Å². The van der Waals surface area contributed by atoms with Gasteiger partial charge in [-0.15, -0.1) is 0 Å². The Morgan fingerprint density at radius 1 is 1.37 bits per heavy atom. The van der Waals surface area contributed by atoms with E-state index in [1.54, 1.807) is 0 Å². The van der Waals surface area contributed by atoms with Gasteiger partial charge in [-0.3, -0.25) is 4.79 Å². The van der Waals surface area contributed by atoms with E-state index in [4.69, 9.17) is 9.47 Å². The van der Waals surface area contributed by atoms with E-state index in [0.717, 1.165) is 12.8 Å². The standard InChI is InChI=1S/C16H18O3/c1-2-18-15(17)9-14-16-12(10-19-14)8-7-11-5-3-4-6-13(11)16/h3-6,14H,2,7-10H2,1H3. The van der Waals surface area contributed by atoms with Gasteiger partial charge in [-0.05, 0) is 42.0 Å². The van der Waals surface area contributed by atoms with Crippen molar-refractivity contribution in [3.8, 4) is 0 Å². The average molecular weight is 258 g/mol. The lowest BCUT2D eigenvalue weighted by molar-refractivity contribution is -0.145.